The van der Waals surface area contributed by atoms with Crippen LogP contribution in [-0.4, -0.2) is 56.3 Å². The van der Waals surface area contributed by atoms with Gasteiger partial charge in [0.05, 0.1) is 26.4 Å². The molecule has 2 heterocycles. The third kappa shape index (κ3) is 4.06. The van der Waals surface area contributed by atoms with Crippen molar-refractivity contribution >= 4 is 5.91 Å². The number of furan rings is 1. The lowest BCUT2D eigenvalue weighted by atomic mass is 10.1. The van der Waals surface area contributed by atoms with Crippen LogP contribution in [0.3, 0.4) is 0 Å². The molecule has 0 radical (unpaired) electrons. The summed E-state index contributed by atoms with van der Waals surface area (Å²) in [6, 6.07) is 4.10. The molecule has 1 aromatic rings. The van der Waals surface area contributed by atoms with Crippen molar-refractivity contribution in [3.63, 3.8) is 0 Å². The number of aryl methyl sites for hydroxylation is 1. The zero-order chi connectivity index (χ0) is 15.2. The first-order valence-corrected chi connectivity index (χ1v) is 7.36. The highest BCUT2D eigenvalue weighted by Crippen LogP contribution is 2.26. The maximum atomic E-state index is 11.8. The van der Waals surface area contributed by atoms with E-state index in [-0.39, 0.29) is 11.9 Å². The minimum atomic E-state index is -0.0311. The van der Waals surface area contributed by atoms with Crippen LogP contribution in [0.1, 0.15) is 30.9 Å². The zero-order valence-electron chi connectivity index (χ0n) is 13.0. The van der Waals surface area contributed by atoms with Gasteiger partial charge in [-0.25, -0.2) is 5.06 Å². The predicted molar refractivity (Wildman–Crippen MR) is 77.6 cm³/mol. The molecule has 0 aliphatic carbocycles. The molecule has 0 N–H and O–H groups in total. The smallest absolute Gasteiger partial charge is 0.247 e. The molecule has 1 saturated heterocycles. The SMILES string of the molecule is CCc1ccc([C@@H]2COCCN2CCC(=O)N(C)OC)o1. The first kappa shape index (κ1) is 16.0. The van der Waals surface area contributed by atoms with E-state index in [1.807, 2.05) is 12.1 Å². The average molecular weight is 296 g/mol. The third-order valence-corrected chi connectivity index (χ3v) is 3.84. The highest BCUT2D eigenvalue weighted by atomic mass is 16.7. The number of rotatable bonds is 6. The number of carbonyl (C=O) groups excluding carboxylic acids is 1. The van der Waals surface area contributed by atoms with Gasteiger partial charge in [-0.05, 0) is 12.1 Å². The van der Waals surface area contributed by atoms with Crippen molar-refractivity contribution in [1.29, 1.82) is 0 Å². The summed E-state index contributed by atoms with van der Waals surface area (Å²) < 4.78 is 11.4. The van der Waals surface area contributed by atoms with Gasteiger partial charge in [0.1, 0.15) is 11.5 Å². The van der Waals surface area contributed by atoms with E-state index in [2.05, 4.69) is 11.8 Å². The first-order valence-electron chi connectivity index (χ1n) is 7.36. The topological polar surface area (TPSA) is 55.2 Å². The second kappa shape index (κ2) is 7.59. The summed E-state index contributed by atoms with van der Waals surface area (Å²) >= 11 is 0. The van der Waals surface area contributed by atoms with Crippen molar-refractivity contribution < 1.29 is 18.8 Å². The Morgan fingerprint density at radius 1 is 1.52 bits per heavy atom. The van der Waals surface area contributed by atoms with E-state index in [0.717, 1.165) is 24.5 Å². The van der Waals surface area contributed by atoms with Crippen molar-refractivity contribution in [2.75, 3.05) is 40.5 Å². The van der Waals surface area contributed by atoms with E-state index in [0.29, 0.717) is 26.2 Å². The number of nitrogens with zero attached hydrogens (tertiary/aromatic N) is 2. The molecule has 1 aliphatic heterocycles. The molecule has 1 aromatic heterocycles. The number of morpholine rings is 1. The Morgan fingerprint density at radius 3 is 3.00 bits per heavy atom. The lowest BCUT2D eigenvalue weighted by Crippen LogP contribution is -2.41. The molecule has 6 heteroatoms. The third-order valence-electron chi connectivity index (χ3n) is 3.84. The zero-order valence-corrected chi connectivity index (χ0v) is 13.0. The van der Waals surface area contributed by atoms with Crippen LogP contribution in [0.5, 0.6) is 0 Å². The number of carbonyl (C=O) groups is 1. The largest absolute Gasteiger partial charge is 0.464 e. The van der Waals surface area contributed by atoms with E-state index < -0.39 is 0 Å². The lowest BCUT2D eigenvalue weighted by Gasteiger charge is -2.34. The second-order valence-corrected chi connectivity index (χ2v) is 5.11. The molecule has 1 atom stereocenters. The summed E-state index contributed by atoms with van der Waals surface area (Å²) in [5.41, 5.74) is 0. The van der Waals surface area contributed by atoms with Gasteiger partial charge in [-0.15, -0.1) is 0 Å². The van der Waals surface area contributed by atoms with Crippen molar-refractivity contribution in [2.24, 2.45) is 0 Å². The minimum Gasteiger partial charge on any atom is -0.464 e. The van der Waals surface area contributed by atoms with Crippen LogP contribution < -0.4 is 0 Å². The summed E-state index contributed by atoms with van der Waals surface area (Å²) in [5, 5.41) is 1.26. The van der Waals surface area contributed by atoms with Gasteiger partial charge < -0.3 is 9.15 Å². The van der Waals surface area contributed by atoms with Crippen molar-refractivity contribution in [3.8, 4) is 0 Å². The number of hydrogen-bond donors (Lipinski definition) is 0. The van der Waals surface area contributed by atoms with E-state index >= 15 is 0 Å². The van der Waals surface area contributed by atoms with Gasteiger partial charge >= 0.3 is 0 Å². The van der Waals surface area contributed by atoms with E-state index in [4.69, 9.17) is 14.0 Å². The molecular weight excluding hydrogens is 272 g/mol. The molecule has 0 bridgehead atoms. The molecular formula is C15H24N2O4. The molecule has 0 unspecified atom stereocenters. The lowest BCUT2D eigenvalue weighted by molar-refractivity contribution is -0.169. The number of ether oxygens (including phenoxy) is 1. The van der Waals surface area contributed by atoms with Gasteiger partial charge in [0.15, 0.2) is 0 Å². The fourth-order valence-corrected chi connectivity index (χ4v) is 2.43. The van der Waals surface area contributed by atoms with Crippen LogP contribution in [0.2, 0.25) is 0 Å². The van der Waals surface area contributed by atoms with Crippen LogP contribution in [0.25, 0.3) is 0 Å². The maximum absolute atomic E-state index is 11.8. The molecule has 0 saturated carbocycles. The molecule has 0 spiro atoms. The summed E-state index contributed by atoms with van der Waals surface area (Å²) in [7, 11) is 3.11. The fourth-order valence-electron chi connectivity index (χ4n) is 2.43. The summed E-state index contributed by atoms with van der Waals surface area (Å²) in [6.45, 7) is 4.83. The van der Waals surface area contributed by atoms with Gasteiger partial charge in [-0.2, -0.15) is 0 Å². The summed E-state index contributed by atoms with van der Waals surface area (Å²) in [4.78, 5) is 19.0. The molecule has 1 aliphatic rings. The van der Waals surface area contributed by atoms with E-state index in [9.17, 15) is 4.79 Å². The van der Waals surface area contributed by atoms with E-state index in [1.54, 1.807) is 7.05 Å². The van der Waals surface area contributed by atoms with Gasteiger partial charge in [0.2, 0.25) is 5.91 Å². The van der Waals surface area contributed by atoms with Crippen molar-refractivity contribution in [2.45, 2.75) is 25.8 Å². The first-order chi connectivity index (χ1) is 10.2. The van der Waals surface area contributed by atoms with Gasteiger partial charge in [0, 0.05) is 33.0 Å². The van der Waals surface area contributed by atoms with Gasteiger partial charge in [-0.3, -0.25) is 14.5 Å². The number of hydrogen-bond acceptors (Lipinski definition) is 5. The Balaban J connectivity index is 1.97. The minimum absolute atomic E-state index is 0.0311. The molecule has 2 rings (SSSR count). The molecule has 0 aromatic carbocycles. The normalized spacial score (nSPS) is 19.7. The summed E-state index contributed by atoms with van der Waals surface area (Å²) in [5.74, 6) is 1.86. The standard InChI is InChI=1S/C15H24N2O4/c1-4-12-5-6-14(21-12)13-11-20-10-9-17(13)8-7-15(18)16(2)19-3/h5-6,13H,4,7-11H2,1-3H3/t13-/m0/s1. The van der Waals surface area contributed by atoms with Gasteiger partial charge in [0.25, 0.3) is 0 Å². The molecule has 21 heavy (non-hydrogen) atoms. The highest BCUT2D eigenvalue weighted by Gasteiger charge is 2.27. The maximum Gasteiger partial charge on any atom is 0.247 e. The second-order valence-electron chi connectivity index (χ2n) is 5.11. The quantitative estimate of drug-likeness (QED) is 0.747. The fraction of sp³-hybridized carbons (Fsp3) is 0.667. The van der Waals surface area contributed by atoms with Crippen LogP contribution in [-0.2, 0) is 20.8 Å². The van der Waals surface area contributed by atoms with Crippen molar-refractivity contribution in [1.82, 2.24) is 9.96 Å². The molecule has 1 amide bonds. The Morgan fingerprint density at radius 2 is 2.33 bits per heavy atom. The number of amides is 1. The van der Waals surface area contributed by atoms with Crippen molar-refractivity contribution in [3.05, 3.63) is 23.7 Å². The van der Waals surface area contributed by atoms with Gasteiger partial charge in [-0.1, -0.05) is 6.92 Å². The Hall–Kier alpha value is -1.37. The van der Waals surface area contributed by atoms with Crippen LogP contribution in [0.4, 0.5) is 0 Å². The number of hydroxylamine groups is 2. The van der Waals surface area contributed by atoms with Crippen LogP contribution in [0, 0.1) is 0 Å². The Bertz CT molecular complexity index is 460. The molecule has 118 valence electrons. The van der Waals surface area contributed by atoms with Crippen LogP contribution in [0.15, 0.2) is 16.5 Å². The van der Waals surface area contributed by atoms with Crippen LogP contribution >= 0.6 is 0 Å². The highest BCUT2D eigenvalue weighted by molar-refractivity contribution is 5.74. The van der Waals surface area contributed by atoms with E-state index in [1.165, 1.54) is 12.2 Å². The summed E-state index contributed by atoms with van der Waals surface area (Å²) in [6.07, 6.45) is 1.30. The average Bonchev–Trinajstić information content (AvgIpc) is 3.00. The molecule has 6 nitrogen and oxygen atoms in total. The Labute approximate surface area is 125 Å². The molecule has 1 fully saturated rings. The predicted octanol–water partition coefficient (Wildman–Crippen LogP) is 1.63. The monoisotopic (exact) mass is 296 g/mol. The Kier molecular flexibility index (Phi) is 5.78.